The van der Waals surface area contributed by atoms with Crippen LogP contribution in [0.1, 0.15) is 17.5 Å². The summed E-state index contributed by atoms with van der Waals surface area (Å²) in [5.41, 5.74) is 0.0421. The zero-order valence-corrected chi connectivity index (χ0v) is 12.3. The molecule has 23 heavy (non-hydrogen) atoms. The average molecular weight is 327 g/mol. The van der Waals surface area contributed by atoms with Crippen LogP contribution in [0.2, 0.25) is 0 Å². The number of nitrogens with zero attached hydrogens (tertiary/aromatic N) is 5. The minimum atomic E-state index is -4.33. The van der Waals surface area contributed by atoms with Crippen molar-refractivity contribution in [2.24, 2.45) is 0 Å². The van der Waals surface area contributed by atoms with E-state index in [2.05, 4.69) is 15.5 Å². The van der Waals surface area contributed by atoms with E-state index in [1.54, 1.807) is 4.68 Å². The maximum Gasteiger partial charge on any atom is 0.416 e. The molecule has 0 atom stereocenters. The van der Waals surface area contributed by atoms with E-state index in [9.17, 15) is 13.2 Å². The summed E-state index contributed by atoms with van der Waals surface area (Å²) in [6.45, 7) is 3.10. The Hall–Kier alpha value is -2.16. The molecular weight excluding hydrogens is 311 g/mol. The number of alkyl halides is 3. The predicted octanol–water partition coefficient (Wildman–Crippen LogP) is 1.97. The summed E-state index contributed by atoms with van der Waals surface area (Å²) < 4.78 is 44.7. The SMILES string of the molecule is FC(F)(F)c1ccc(Cn2nnnc2N2CCCOCC2)cc1. The third-order valence-electron chi connectivity index (χ3n) is 3.63. The molecule has 1 aliphatic heterocycles. The van der Waals surface area contributed by atoms with Gasteiger partial charge >= 0.3 is 6.18 Å². The minimum Gasteiger partial charge on any atom is -0.380 e. The molecule has 6 nitrogen and oxygen atoms in total. The zero-order valence-electron chi connectivity index (χ0n) is 12.3. The van der Waals surface area contributed by atoms with Gasteiger partial charge in [-0.2, -0.15) is 13.2 Å². The quantitative estimate of drug-likeness (QED) is 0.863. The summed E-state index contributed by atoms with van der Waals surface area (Å²) >= 11 is 0. The Bertz CT molecular complexity index is 633. The number of hydrogen-bond donors (Lipinski definition) is 0. The van der Waals surface area contributed by atoms with Crippen molar-refractivity contribution in [3.8, 4) is 0 Å². The second kappa shape index (κ2) is 6.53. The molecule has 0 saturated carbocycles. The summed E-state index contributed by atoms with van der Waals surface area (Å²) in [5, 5.41) is 11.6. The van der Waals surface area contributed by atoms with Gasteiger partial charge < -0.3 is 9.64 Å². The van der Waals surface area contributed by atoms with Crippen molar-refractivity contribution in [2.75, 3.05) is 31.2 Å². The molecule has 0 N–H and O–H groups in total. The van der Waals surface area contributed by atoms with Crippen LogP contribution in [0.3, 0.4) is 0 Å². The summed E-state index contributed by atoms with van der Waals surface area (Å²) in [6, 6.07) is 5.03. The third-order valence-corrected chi connectivity index (χ3v) is 3.63. The largest absolute Gasteiger partial charge is 0.416 e. The first-order valence-electron chi connectivity index (χ1n) is 7.29. The van der Waals surface area contributed by atoms with Crippen molar-refractivity contribution < 1.29 is 17.9 Å². The van der Waals surface area contributed by atoms with Crippen molar-refractivity contribution in [2.45, 2.75) is 19.1 Å². The van der Waals surface area contributed by atoms with Crippen molar-refractivity contribution in [3.05, 3.63) is 35.4 Å². The zero-order chi connectivity index (χ0) is 16.3. The van der Waals surface area contributed by atoms with Gasteiger partial charge in [-0.3, -0.25) is 0 Å². The van der Waals surface area contributed by atoms with Crippen LogP contribution >= 0.6 is 0 Å². The lowest BCUT2D eigenvalue weighted by Gasteiger charge is -2.19. The van der Waals surface area contributed by atoms with Crippen LogP contribution in [-0.2, 0) is 17.5 Å². The maximum atomic E-state index is 12.6. The van der Waals surface area contributed by atoms with Crippen molar-refractivity contribution >= 4 is 5.95 Å². The van der Waals surface area contributed by atoms with Gasteiger partial charge in [0.1, 0.15) is 0 Å². The van der Waals surface area contributed by atoms with Gasteiger partial charge in [0.15, 0.2) is 0 Å². The second-order valence-electron chi connectivity index (χ2n) is 5.28. The number of aromatic nitrogens is 4. The van der Waals surface area contributed by atoms with E-state index in [0.29, 0.717) is 37.8 Å². The molecule has 0 unspecified atom stereocenters. The third kappa shape index (κ3) is 3.79. The monoisotopic (exact) mass is 327 g/mol. The normalized spacial score (nSPS) is 16.4. The van der Waals surface area contributed by atoms with Crippen LogP contribution in [0.25, 0.3) is 0 Å². The topological polar surface area (TPSA) is 56.1 Å². The van der Waals surface area contributed by atoms with Crippen molar-refractivity contribution in [3.63, 3.8) is 0 Å². The molecule has 0 aliphatic carbocycles. The molecule has 1 aliphatic rings. The van der Waals surface area contributed by atoms with E-state index >= 15 is 0 Å². The molecule has 0 amide bonds. The van der Waals surface area contributed by atoms with E-state index < -0.39 is 11.7 Å². The molecule has 1 fully saturated rings. The van der Waals surface area contributed by atoms with Crippen LogP contribution in [0.4, 0.5) is 19.1 Å². The van der Waals surface area contributed by atoms with Gasteiger partial charge in [0.05, 0.1) is 18.7 Å². The van der Waals surface area contributed by atoms with Gasteiger partial charge in [0, 0.05) is 19.7 Å². The molecule has 2 heterocycles. The van der Waals surface area contributed by atoms with E-state index in [0.717, 1.165) is 25.1 Å². The Morgan fingerprint density at radius 3 is 2.61 bits per heavy atom. The number of rotatable bonds is 3. The molecule has 0 radical (unpaired) electrons. The minimum absolute atomic E-state index is 0.317. The van der Waals surface area contributed by atoms with E-state index in [-0.39, 0.29) is 0 Å². The van der Waals surface area contributed by atoms with Crippen LogP contribution in [-0.4, -0.2) is 46.5 Å². The molecule has 0 bridgehead atoms. The van der Waals surface area contributed by atoms with Crippen LogP contribution < -0.4 is 4.90 Å². The van der Waals surface area contributed by atoms with Gasteiger partial charge in [-0.05, 0) is 34.5 Å². The van der Waals surface area contributed by atoms with Gasteiger partial charge in [-0.1, -0.05) is 17.2 Å². The fraction of sp³-hybridized carbons (Fsp3) is 0.500. The Balaban J connectivity index is 1.74. The highest BCUT2D eigenvalue weighted by Crippen LogP contribution is 2.29. The summed E-state index contributed by atoms with van der Waals surface area (Å²) in [7, 11) is 0. The smallest absolute Gasteiger partial charge is 0.380 e. The highest BCUT2D eigenvalue weighted by atomic mass is 19.4. The van der Waals surface area contributed by atoms with Gasteiger partial charge in [0.2, 0.25) is 5.95 Å². The molecular formula is C14H16F3N5O. The Morgan fingerprint density at radius 2 is 1.87 bits per heavy atom. The highest BCUT2D eigenvalue weighted by molar-refractivity contribution is 5.30. The molecule has 0 spiro atoms. The Kier molecular flexibility index (Phi) is 4.46. The predicted molar refractivity (Wildman–Crippen MR) is 76.0 cm³/mol. The summed E-state index contributed by atoms with van der Waals surface area (Å²) in [5.74, 6) is 0.607. The van der Waals surface area contributed by atoms with Crippen molar-refractivity contribution in [1.82, 2.24) is 20.2 Å². The Labute approximate surface area is 130 Å². The molecule has 1 saturated heterocycles. The van der Waals surface area contributed by atoms with E-state index in [1.807, 2.05) is 4.90 Å². The molecule has 124 valence electrons. The number of tetrazole rings is 1. The van der Waals surface area contributed by atoms with Gasteiger partial charge in [-0.15, -0.1) is 0 Å². The summed E-state index contributed by atoms with van der Waals surface area (Å²) in [6.07, 6.45) is -3.45. The maximum absolute atomic E-state index is 12.6. The first-order valence-corrected chi connectivity index (χ1v) is 7.29. The summed E-state index contributed by atoms with van der Waals surface area (Å²) in [4.78, 5) is 2.02. The second-order valence-corrected chi connectivity index (χ2v) is 5.28. The van der Waals surface area contributed by atoms with Crippen LogP contribution in [0, 0.1) is 0 Å². The van der Waals surface area contributed by atoms with Crippen LogP contribution in [0.15, 0.2) is 24.3 Å². The number of benzene rings is 1. The van der Waals surface area contributed by atoms with Gasteiger partial charge in [-0.25, -0.2) is 4.68 Å². The fourth-order valence-electron chi connectivity index (χ4n) is 2.45. The lowest BCUT2D eigenvalue weighted by Crippen LogP contribution is -2.29. The standard InChI is InChI=1S/C14H16F3N5O/c15-14(16,17)12-4-2-11(3-5-12)10-22-13(18-19-20-22)21-6-1-8-23-9-7-21/h2-5H,1,6-10H2. The number of ether oxygens (including phenoxy) is 1. The first kappa shape index (κ1) is 15.7. The fourth-order valence-corrected chi connectivity index (χ4v) is 2.45. The number of anilines is 1. The highest BCUT2D eigenvalue weighted by Gasteiger charge is 2.30. The Morgan fingerprint density at radius 1 is 1.09 bits per heavy atom. The van der Waals surface area contributed by atoms with Gasteiger partial charge in [0.25, 0.3) is 0 Å². The van der Waals surface area contributed by atoms with E-state index in [4.69, 9.17) is 4.74 Å². The lowest BCUT2D eigenvalue weighted by molar-refractivity contribution is -0.137. The van der Waals surface area contributed by atoms with Crippen LogP contribution in [0.5, 0.6) is 0 Å². The molecule has 3 rings (SSSR count). The number of hydrogen-bond acceptors (Lipinski definition) is 5. The first-order chi connectivity index (χ1) is 11.0. The molecule has 9 heteroatoms. The van der Waals surface area contributed by atoms with E-state index in [1.165, 1.54) is 12.1 Å². The lowest BCUT2D eigenvalue weighted by atomic mass is 10.1. The molecule has 1 aromatic carbocycles. The molecule has 2 aromatic rings. The number of halogens is 3. The molecule has 1 aromatic heterocycles. The van der Waals surface area contributed by atoms with Crippen molar-refractivity contribution in [1.29, 1.82) is 0 Å². The average Bonchev–Trinajstić information content (AvgIpc) is 2.80.